The molecule has 3 aromatic rings. The maximum Gasteiger partial charge on any atom is 0.282 e. The topological polar surface area (TPSA) is 72.9 Å². The average Bonchev–Trinajstić information content (AvgIpc) is 2.78. The lowest BCUT2D eigenvalue weighted by Gasteiger charge is -2.40. The maximum atomic E-state index is 13.1. The Kier molecular flexibility index (Phi) is 6.83. The molecular formula is C23H20ClF2N3O4S. The molecule has 0 aliphatic carbocycles. The zero-order chi connectivity index (χ0) is 24.5. The molecule has 1 fully saturated rings. The summed E-state index contributed by atoms with van der Waals surface area (Å²) in [6.45, 7) is -0.946. The first-order valence-electron chi connectivity index (χ1n) is 10.1. The number of nitrogens with zero attached hydrogens (tertiary/aromatic N) is 2. The third kappa shape index (κ3) is 5.03. The van der Waals surface area contributed by atoms with Crippen molar-refractivity contribution in [2.75, 3.05) is 39.2 Å². The van der Waals surface area contributed by atoms with Crippen molar-refractivity contribution in [1.29, 1.82) is 0 Å². The number of aromatic nitrogens is 1. The van der Waals surface area contributed by atoms with Crippen LogP contribution in [0.15, 0.2) is 42.6 Å². The minimum atomic E-state index is -2.72. The molecule has 0 spiro atoms. The van der Waals surface area contributed by atoms with Gasteiger partial charge in [0.15, 0.2) is 10.9 Å². The summed E-state index contributed by atoms with van der Waals surface area (Å²) in [7, 11) is 2.91. The number of pyridine rings is 1. The van der Waals surface area contributed by atoms with Gasteiger partial charge in [0, 0.05) is 30.8 Å². The number of methoxy groups -OCH3 is 2. The fourth-order valence-electron chi connectivity index (χ4n) is 3.47. The first-order chi connectivity index (χ1) is 16.2. The van der Waals surface area contributed by atoms with Crippen molar-refractivity contribution in [1.82, 2.24) is 9.88 Å². The fourth-order valence-corrected chi connectivity index (χ4v) is 3.93. The van der Waals surface area contributed by atoms with Gasteiger partial charge in [0.05, 0.1) is 42.0 Å². The van der Waals surface area contributed by atoms with Crippen LogP contribution >= 0.6 is 23.8 Å². The number of hydrogen-bond acceptors (Lipinski definition) is 6. The van der Waals surface area contributed by atoms with Crippen LogP contribution in [0, 0.1) is 0 Å². The van der Waals surface area contributed by atoms with Gasteiger partial charge in [-0.2, -0.15) is 0 Å². The van der Waals surface area contributed by atoms with E-state index in [1.807, 2.05) is 0 Å². The predicted octanol–water partition coefficient (Wildman–Crippen LogP) is 5.17. The molecule has 0 atom stereocenters. The van der Waals surface area contributed by atoms with Gasteiger partial charge in [-0.3, -0.25) is 9.78 Å². The predicted molar refractivity (Wildman–Crippen MR) is 129 cm³/mol. The monoisotopic (exact) mass is 507 g/mol. The number of rotatable bonds is 7. The van der Waals surface area contributed by atoms with Gasteiger partial charge in [0.2, 0.25) is 0 Å². The number of hydrogen-bond donors (Lipinski definition) is 1. The lowest BCUT2D eigenvalue weighted by atomic mass is 10.1. The Labute approximate surface area is 204 Å². The van der Waals surface area contributed by atoms with Gasteiger partial charge in [0.1, 0.15) is 23.9 Å². The molecule has 1 aromatic heterocycles. The summed E-state index contributed by atoms with van der Waals surface area (Å²) in [5, 5.41) is 3.94. The smallest absolute Gasteiger partial charge is 0.282 e. The molecule has 7 nitrogen and oxygen atoms in total. The van der Waals surface area contributed by atoms with E-state index in [0.29, 0.717) is 44.4 Å². The minimum absolute atomic E-state index is 0.0979. The Morgan fingerprint density at radius 2 is 1.97 bits per heavy atom. The highest BCUT2D eigenvalue weighted by Crippen LogP contribution is 2.36. The van der Waals surface area contributed by atoms with Crippen LogP contribution in [0.25, 0.3) is 10.9 Å². The van der Waals surface area contributed by atoms with E-state index >= 15 is 0 Å². The van der Waals surface area contributed by atoms with Crippen LogP contribution in [0.4, 0.5) is 14.5 Å². The van der Waals surface area contributed by atoms with Gasteiger partial charge in [-0.1, -0.05) is 11.6 Å². The van der Waals surface area contributed by atoms with Crippen LogP contribution in [0.5, 0.6) is 17.2 Å². The molecule has 0 unspecified atom stereocenters. The maximum absolute atomic E-state index is 13.1. The Morgan fingerprint density at radius 3 is 2.62 bits per heavy atom. The molecule has 2 aromatic carbocycles. The largest absolute Gasteiger partial charge is 0.496 e. The van der Waals surface area contributed by atoms with E-state index in [9.17, 15) is 13.6 Å². The van der Waals surface area contributed by atoms with Crippen molar-refractivity contribution in [2.24, 2.45) is 0 Å². The molecule has 0 amide bonds. The van der Waals surface area contributed by atoms with Crippen molar-refractivity contribution in [3.05, 3.63) is 53.2 Å². The molecule has 1 saturated heterocycles. The Balaban J connectivity index is 1.57. The number of benzene rings is 2. The molecule has 1 N–H and O–H groups in total. The number of likely N-dealkylation sites (tertiary alicyclic amines) is 1. The van der Waals surface area contributed by atoms with Crippen LogP contribution in [-0.2, 0) is 4.74 Å². The third-order valence-corrected chi connectivity index (χ3v) is 5.81. The van der Waals surface area contributed by atoms with Crippen LogP contribution in [0.3, 0.4) is 0 Å². The van der Waals surface area contributed by atoms with Crippen molar-refractivity contribution >= 4 is 51.3 Å². The zero-order valence-corrected chi connectivity index (χ0v) is 19.8. The van der Waals surface area contributed by atoms with Crippen LogP contribution < -0.4 is 14.8 Å². The second kappa shape index (κ2) is 9.65. The summed E-state index contributed by atoms with van der Waals surface area (Å²) in [6.07, 6.45) is 1.58. The summed E-state index contributed by atoms with van der Waals surface area (Å²) >= 11 is 11.5. The summed E-state index contributed by atoms with van der Waals surface area (Å²) in [6, 6.07) is 9.85. The molecule has 2 heterocycles. The summed E-state index contributed by atoms with van der Waals surface area (Å²) in [5.74, 6) is -1.71. The number of carbonyl (C=O) groups excluding carboxylic acids is 1. The number of halogens is 3. The second-order valence-corrected chi connectivity index (χ2v) is 8.41. The number of ether oxygens (including phenoxy) is 3. The van der Waals surface area contributed by atoms with E-state index in [0.717, 1.165) is 0 Å². The molecule has 11 heteroatoms. The molecule has 4 rings (SSSR count). The van der Waals surface area contributed by atoms with Crippen molar-refractivity contribution in [2.45, 2.75) is 5.92 Å². The number of carbonyl (C=O) groups is 1. The van der Waals surface area contributed by atoms with Gasteiger partial charge >= 0.3 is 0 Å². The number of fused-ring (bicyclic) bond motifs is 1. The molecule has 1 aliphatic rings. The van der Waals surface area contributed by atoms with Gasteiger partial charge < -0.3 is 24.4 Å². The van der Waals surface area contributed by atoms with E-state index in [1.165, 1.54) is 19.1 Å². The highest BCUT2D eigenvalue weighted by molar-refractivity contribution is 7.80. The molecule has 178 valence electrons. The first kappa shape index (κ1) is 24.1. The minimum Gasteiger partial charge on any atom is -0.496 e. The molecular weight excluding hydrogens is 488 g/mol. The van der Waals surface area contributed by atoms with E-state index in [2.05, 4.69) is 10.3 Å². The quantitative estimate of drug-likeness (QED) is 0.347. The van der Waals surface area contributed by atoms with Gasteiger partial charge in [-0.25, -0.2) is 8.78 Å². The number of ketones is 1. The Morgan fingerprint density at radius 1 is 1.21 bits per heavy atom. The zero-order valence-electron chi connectivity index (χ0n) is 18.2. The SMILES string of the molecule is COCC(=O)c1cc2c(Oc3ccc(NC(=S)N4CC(F)(F)C4)c(Cl)c3)ccnc2cc1OC. The summed E-state index contributed by atoms with van der Waals surface area (Å²) in [4.78, 5) is 18.2. The Hall–Kier alpha value is -3.08. The number of anilines is 1. The second-order valence-electron chi connectivity index (χ2n) is 7.62. The number of alkyl halides is 2. The molecule has 0 saturated carbocycles. The Bertz CT molecular complexity index is 1270. The van der Waals surface area contributed by atoms with E-state index in [1.54, 1.807) is 42.6 Å². The highest BCUT2D eigenvalue weighted by Gasteiger charge is 2.45. The van der Waals surface area contributed by atoms with Crippen molar-refractivity contribution < 1.29 is 27.8 Å². The molecule has 0 radical (unpaired) electrons. The van der Waals surface area contributed by atoms with Gasteiger partial charge in [0.25, 0.3) is 5.92 Å². The summed E-state index contributed by atoms with van der Waals surface area (Å²) in [5.41, 5.74) is 1.38. The normalized spacial score (nSPS) is 14.4. The van der Waals surface area contributed by atoms with Crippen LogP contribution in [0.1, 0.15) is 10.4 Å². The number of Topliss-reactive ketones (excluding diaryl/α,β-unsaturated/α-hetero) is 1. The van der Waals surface area contributed by atoms with Gasteiger partial charge in [-0.05, 0) is 36.5 Å². The molecule has 0 bridgehead atoms. The standard InChI is InChI=1S/C23H20ClF2N3O4S/c1-31-10-19(30)15-8-14-18(9-21(15)32-2)27-6-5-20(14)33-13-3-4-17(16(24)7-13)28-22(34)29-11-23(25,26)12-29/h3-9H,10-12H2,1-2H3,(H,28,34). The summed E-state index contributed by atoms with van der Waals surface area (Å²) < 4.78 is 42.5. The van der Waals surface area contributed by atoms with Crippen LogP contribution in [-0.4, -0.2) is 60.6 Å². The average molecular weight is 508 g/mol. The van der Waals surface area contributed by atoms with E-state index < -0.39 is 19.0 Å². The van der Waals surface area contributed by atoms with Crippen LogP contribution in [0.2, 0.25) is 5.02 Å². The third-order valence-electron chi connectivity index (χ3n) is 5.14. The fraction of sp³-hybridized carbons (Fsp3) is 0.261. The number of thiocarbonyl (C=S) groups is 1. The van der Waals surface area contributed by atoms with E-state index in [4.69, 9.17) is 38.0 Å². The number of nitrogens with one attached hydrogen (secondary N) is 1. The lowest BCUT2D eigenvalue weighted by molar-refractivity contribution is -0.0999. The van der Waals surface area contributed by atoms with Crippen molar-refractivity contribution in [3.63, 3.8) is 0 Å². The highest BCUT2D eigenvalue weighted by atomic mass is 35.5. The van der Waals surface area contributed by atoms with Crippen molar-refractivity contribution in [3.8, 4) is 17.2 Å². The van der Waals surface area contributed by atoms with Gasteiger partial charge in [-0.15, -0.1) is 0 Å². The first-order valence-corrected chi connectivity index (χ1v) is 10.9. The lowest BCUT2D eigenvalue weighted by Crippen LogP contribution is -2.59. The molecule has 1 aliphatic heterocycles. The molecule has 34 heavy (non-hydrogen) atoms. The van der Waals surface area contributed by atoms with E-state index in [-0.39, 0.29) is 17.5 Å².